The normalized spacial score (nSPS) is 15.3. The highest BCUT2D eigenvalue weighted by Crippen LogP contribution is 2.18. The molecule has 0 radical (unpaired) electrons. The van der Waals surface area contributed by atoms with E-state index in [2.05, 4.69) is 41.3 Å². The number of hydrogen-bond donors (Lipinski definition) is 1. The zero-order valence-electron chi connectivity index (χ0n) is 9.53. The maximum absolute atomic E-state index is 4.39. The van der Waals surface area contributed by atoms with E-state index >= 15 is 0 Å². The van der Waals surface area contributed by atoms with E-state index in [9.17, 15) is 0 Å². The predicted octanol–water partition coefficient (Wildman–Crippen LogP) is 1.58. The van der Waals surface area contributed by atoms with Crippen molar-refractivity contribution in [3.8, 4) is 0 Å². The Morgan fingerprint density at radius 3 is 2.87 bits per heavy atom. The van der Waals surface area contributed by atoms with E-state index < -0.39 is 0 Å². The van der Waals surface area contributed by atoms with Crippen LogP contribution in [-0.2, 0) is 0 Å². The molecule has 1 aromatic heterocycles. The van der Waals surface area contributed by atoms with Gasteiger partial charge in [-0.15, -0.1) is 0 Å². The van der Waals surface area contributed by atoms with Gasteiger partial charge in [0, 0.05) is 32.4 Å². The minimum Gasteiger partial charge on any atom is -0.358 e. The molecule has 1 N–H and O–H groups in total. The van der Waals surface area contributed by atoms with Crippen molar-refractivity contribution in [2.24, 2.45) is 0 Å². The summed E-state index contributed by atoms with van der Waals surface area (Å²) in [5.41, 5.74) is 1.21. The maximum atomic E-state index is 4.39. The Morgan fingerprint density at radius 1 is 1.47 bits per heavy atom. The molecule has 0 saturated heterocycles. The van der Waals surface area contributed by atoms with E-state index in [4.69, 9.17) is 0 Å². The third kappa shape index (κ3) is 3.20. The van der Waals surface area contributed by atoms with Crippen LogP contribution in [0.15, 0.2) is 18.3 Å². The maximum Gasteiger partial charge on any atom is 0.128 e. The first kappa shape index (κ1) is 10.4. The largest absolute Gasteiger partial charge is 0.358 e. The van der Waals surface area contributed by atoms with Gasteiger partial charge >= 0.3 is 0 Å². The van der Waals surface area contributed by atoms with Gasteiger partial charge in [0.05, 0.1) is 0 Å². The number of pyridine rings is 1. The molecule has 0 bridgehead atoms. The lowest BCUT2D eigenvalue weighted by Gasteiger charge is -2.18. The van der Waals surface area contributed by atoms with Crippen LogP contribution in [0.25, 0.3) is 0 Å². The molecular weight excluding hydrogens is 186 g/mol. The minimum atomic E-state index is 0.796. The van der Waals surface area contributed by atoms with Crippen LogP contribution in [0, 0.1) is 6.92 Å². The zero-order chi connectivity index (χ0) is 10.7. The van der Waals surface area contributed by atoms with E-state index in [1.807, 2.05) is 6.20 Å². The van der Waals surface area contributed by atoms with Crippen molar-refractivity contribution >= 4 is 5.82 Å². The molecule has 1 fully saturated rings. The van der Waals surface area contributed by atoms with Crippen LogP contribution < -0.4 is 10.2 Å². The fourth-order valence-electron chi connectivity index (χ4n) is 1.52. The highest BCUT2D eigenvalue weighted by Gasteiger charge is 2.19. The minimum absolute atomic E-state index is 0.796. The van der Waals surface area contributed by atoms with Crippen LogP contribution in [0.5, 0.6) is 0 Å². The molecule has 3 nitrogen and oxygen atoms in total. The summed E-state index contributed by atoms with van der Waals surface area (Å²) in [4.78, 5) is 6.58. The van der Waals surface area contributed by atoms with Crippen molar-refractivity contribution in [3.63, 3.8) is 0 Å². The summed E-state index contributed by atoms with van der Waals surface area (Å²) in [6.07, 6.45) is 4.62. The summed E-state index contributed by atoms with van der Waals surface area (Å²) in [6, 6.07) is 4.98. The fraction of sp³-hybridized carbons (Fsp3) is 0.583. The number of nitrogens with one attached hydrogen (secondary N) is 1. The molecule has 0 spiro atoms. The Balaban J connectivity index is 1.78. The standard InChI is InChI=1S/C12H19N3/c1-10-3-6-12(14-9-10)15(2)8-7-13-11-4-5-11/h3,6,9,11,13H,4-5,7-8H2,1-2H3. The van der Waals surface area contributed by atoms with E-state index in [0.717, 1.165) is 24.9 Å². The van der Waals surface area contributed by atoms with Crippen molar-refractivity contribution in [2.75, 3.05) is 25.0 Å². The lowest BCUT2D eigenvalue weighted by atomic mass is 10.3. The summed E-state index contributed by atoms with van der Waals surface area (Å²) in [5.74, 6) is 1.05. The van der Waals surface area contributed by atoms with Gasteiger partial charge in [-0.3, -0.25) is 0 Å². The van der Waals surface area contributed by atoms with Gasteiger partial charge in [-0.25, -0.2) is 4.98 Å². The summed E-state index contributed by atoms with van der Waals surface area (Å²) in [7, 11) is 2.09. The zero-order valence-corrected chi connectivity index (χ0v) is 9.53. The van der Waals surface area contributed by atoms with Gasteiger partial charge in [-0.05, 0) is 31.4 Å². The average Bonchev–Trinajstić information content (AvgIpc) is 3.02. The van der Waals surface area contributed by atoms with Crippen molar-refractivity contribution in [1.82, 2.24) is 10.3 Å². The molecule has 0 aromatic carbocycles. The number of rotatable bonds is 5. The monoisotopic (exact) mass is 205 g/mol. The Bertz CT molecular complexity index is 303. The van der Waals surface area contributed by atoms with Gasteiger partial charge < -0.3 is 10.2 Å². The molecule has 2 rings (SSSR count). The SMILES string of the molecule is Cc1ccc(N(C)CCNC2CC2)nc1. The molecule has 1 saturated carbocycles. The lowest BCUT2D eigenvalue weighted by molar-refractivity contribution is 0.672. The molecule has 1 aliphatic carbocycles. The van der Waals surface area contributed by atoms with E-state index in [1.165, 1.54) is 18.4 Å². The van der Waals surface area contributed by atoms with Crippen LogP contribution in [0.3, 0.4) is 0 Å². The molecule has 0 unspecified atom stereocenters. The van der Waals surface area contributed by atoms with E-state index in [-0.39, 0.29) is 0 Å². The fourth-order valence-corrected chi connectivity index (χ4v) is 1.52. The number of aromatic nitrogens is 1. The van der Waals surface area contributed by atoms with Gasteiger partial charge in [0.2, 0.25) is 0 Å². The van der Waals surface area contributed by atoms with Gasteiger partial charge in [-0.1, -0.05) is 6.07 Å². The summed E-state index contributed by atoms with van der Waals surface area (Å²) in [5, 5.41) is 3.50. The van der Waals surface area contributed by atoms with Crippen LogP contribution in [-0.4, -0.2) is 31.2 Å². The van der Waals surface area contributed by atoms with Gasteiger partial charge in [0.25, 0.3) is 0 Å². The highest BCUT2D eigenvalue weighted by atomic mass is 15.2. The molecule has 15 heavy (non-hydrogen) atoms. The smallest absolute Gasteiger partial charge is 0.128 e. The molecular formula is C12H19N3. The van der Waals surface area contributed by atoms with E-state index in [0.29, 0.717) is 0 Å². The van der Waals surface area contributed by atoms with Crippen LogP contribution in [0.1, 0.15) is 18.4 Å². The summed E-state index contributed by atoms with van der Waals surface area (Å²) >= 11 is 0. The summed E-state index contributed by atoms with van der Waals surface area (Å²) < 4.78 is 0. The Labute approximate surface area is 91.5 Å². The first-order chi connectivity index (χ1) is 7.25. The van der Waals surface area contributed by atoms with Crippen molar-refractivity contribution in [3.05, 3.63) is 23.9 Å². The second kappa shape index (κ2) is 4.62. The number of aryl methyl sites for hydroxylation is 1. The average molecular weight is 205 g/mol. The van der Waals surface area contributed by atoms with Gasteiger partial charge in [0.1, 0.15) is 5.82 Å². The molecule has 1 heterocycles. The molecule has 1 aromatic rings. The molecule has 3 heteroatoms. The van der Waals surface area contributed by atoms with Crippen molar-refractivity contribution in [2.45, 2.75) is 25.8 Å². The van der Waals surface area contributed by atoms with Gasteiger partial charge in [-0.2, -0.15) is 0 Å². The van der Waals surface area contributed by atoms with Gasteiger partial charge in [0.15, 0.2) is 0 Å². The number of hydrogen-bond acceptors (Lipinski definition) is 3. The Morgan fingerprint density at radius 2 is 2.27 bits per heavy atom. The topological polar surface area (TPSA) is 28.2 Å². The van der Waals surface area contributed by atoms with Crippen LogP contribution in [0.4, 0.5) is 5.82 Å². The summed E-state index contributed by atoms with van der Waals surface area (Å²) in [6.45, 7) is 4.13. The third-order valence-corrected chi connectivity index (χ3v) is 2.74. The Hall–Kier alpha value is -1.09. The highest BCUT2D eigenvalue weighted by molar-refractivity contribution is 5.37. The van der Waals surface area contributed by atoms with Crippen molar-refractivity contribution < 1.29 is 0 Å². The lowest BCUT2D eigenvalue weighted by Crippen LogP contribution is -2.30. The van der Waals surface area contributed by atoms with Crippen LogP contribution >= 0.6 is 0 Å². The molecule has 0 aliphatic heterocycles. The van der Waals surface area contributed by atoms with Crippen molar-refractivity contribution in [1.29, 1.82) is 0 Å². The molecule has 0 atom stereocenters. The van der Waals surface area contributed by atoms with Crippen LogP contribution in [0.2, 0.25) is 0 Å². The predicted molar refractivity (Wildman–Crippen MR) is 63.3 cm³/mol. The molecule has 82 valence electrons. The second-order valence-electron chi connectivity index (χ2n) is 4.34. The Kier molecular flexibility index (Phi) is 3.21. The first-order valence-corrected chi connectivity index (χ1v) is 5.63. The van der Waals surface area contributed by atoms with E-state index in [1.54, 1.807) is 0 Å². The second-order valence-corrected chi connectivity index (χ2v) is 4.34. The molecule has 0 amide bonds. The number of nitrogens with zero attached hydrogens (tertiary/aromatic N) is 2. The first-order valence-electron chi connectivity index (χ1n) is 5.63. The molecule has 1 aliphatic rings. The third-order valence-electron chi connectivity index (χ3n) is 2.74. The number of anilines is 1. The quantitative estimate of drug-likeness (QED) is 0.791. The number of likely N-dealkylation sites (N-methyl/N-ethyl adjacent to an activating group) is 1.